The number of Topliss-reactive ketones (excluding diaryl/α,β-unsaturated/α-hetero) is 1. The molecule has 30 heavy (non-hydrogen) atoms. The Morgan fingerprint density at radius 3 is 2.77 bits per heavy atom. The van der Waals surface area contributed by atoms with E-state index in [0.717, 1.165) is 26.4 Å². The minimum Gasteiger partial charge on any atom is -0.379 e. The Morgan fingerprint density at radius 1 is 1.20 bits per heavy atom. The molecule has 0 aliphatic rings. The van der Waals surface area contributed by atoms with Crippen molar-refractivity contribution in [1.82, 2.24) is 14.5 Å². The van der Waals surface area contributed by atoms with Gasteiger partial charge in [0, 0.05) is 31.2 Å². The summed E-state index contributed by atoms with van der Waals surface area (Å²) < 4.78 is 8.37. The molecule has 0 aliphatic heterocycles. The number of hydrogen-bond acceptors (Lipinski definition) is 6. The van der Waals surface area contributed by atoms with E-state index in [1.54, 1.807) is 7.11 Å². The van der Waals surface area contributed by atoms with Crippen LogP contribution in [0.25, 0.3) is 21.3 Å². The first kappa shape index (κ1) is 20.8. The fraction of sp³-hybridized carbons (Fsp3) is 0.318. The van der Waals surface area contributed by atoms with Gasteiger partial charge in [-0.1, -0.05) is 22.9 Å². The molecule has 0 bridgehead atoms. The average Bonchev–Trinajstić information content (AvgIpc) is 3.26. The van der Waals surface area contributed by atoms with Crippen molar-refractivity contribution >= 4 is 61.1 Å². The topological polar surface area (TPSA) is 69.0 Å². The second-order valence-corrected chi connectivity index (χ2v) is 9.31. The molecule has 0 saturated carbocycles. The molecule has 0 unspecified atom stereocenters. The van der Waals surface area contributed by atoms with Crippen LogP contribution in [0.4, 0.5) is 11.1 Å². The lowest BCUT2D eigenvalue weighted by Gasteiger charge is -2.22. The van der Waals surface area contributed by atoms with Crippen molar-refractivity contribution in [3.8, 4) is 0 Å². The Bertz CT molecular complexity index is 1240. The first-order chi connectivity index (χ1) is 14.3. The molecule has 0 fully saturated rings. The zero-order chi connectivity index (χ0) is 21.5. The molecule has 0 aliphatic carbocycles. The molecular formula is C22H23ClN4O2S. The number of carbonyl (C=O) groups is 1. The molecule has 0 saturated heterocycles. The predicted molar refractivity (Wildman–Crippen MR) is 123 cm³/mol. The summed E-state index contributed by atoms with van der Waals surface area (Å²) in [4.78, 5) is 21.9. The average molecular weight is 443 g/mol. The number of fused-ring (bicyclic) bond motifs is 2. The lowest BCUT2D eigenvalue weighted by Crippen LogP contribution is -2.23. The number of ketones is 1. The van der Waals surface area contributed by atoms with Gasteiger partial charge < -0.3 is 14.6 Å². The number of methoxy groups -OCH3 is 1. The highest BCUT2D eigenvalue weighted by atomic mass is 35.5. The van der Waals surface area contributed by atoms with Gasteiger partial charge in [-0.05, 0) is 56.7 Å². The Hall–Kier alpha value is -2.48. The van der Waals surface area contributed by atoms with Crippen LogP contribution in [0.1, 0.15) is 37.0 Å². The lowest BCUT2D eigenvalue weighted by molar-refractivity contribution is 0.0141. The molecular weight excluding hydrogens is 420 g/mol. The molecule has 1 N–H and O–H groups in total. The Balaban J connectivity index is 1.57. The van der Waals surface area contributed by atoms with E-state index in [2.05, 4.69) is 15.3 Å². The van der Waals surface area contributed by atoms with Crippen molar-refractivity contribution in [2.24, 2.45) is 7.05 Å². The fourth-order valence-corrected chi connectivity index (χ4v) is 4.33. The lowest BCUT2D eigenvalue weighted by atomic mass is 9.97. The molecule has 4 aromatic rings. The Morgan fingerprint density at radius 2 is 2.00 bits per heavy atom. The zero-order valence-corrected chi connectivity index (χ0v) is 18.9. The van der Waals surface area contributed by atoms with Crippen LogP contribution in [-0.2, 0) is 11.8 Å². The summed E-state index contributed by atoms with van der Waals surface area (Å²) in [5.74, 6) is 0.755. The van der Waals surface area contributed by atoms with Gasteiger partial charge in [0.2, 0.25) is 5.95 Å². The normalized spacial score (nSPS) is 12.0. The van der Waals surface area contributed by atoms with Crippen LogP contribution in [0.3, 0.4) is 0 Å². The van der Waals surface area contributed by atoms with E-state index >= 15 is 0 Å². The van der Waals surface area contributed by atoms with Gasteiger partial charge in [-0.3, -0.25) is 4.79 Å². The maximum atomic E-state index is 12.6. The van der Waals surface area contributed by atoms with Crippen molar-refractivity contribution in [1.29, 1.82) is 0 Å². The van der Waals surface area contributed by atoms with Crippen molar-refractivity contribution in [2.45, 2.75) is 32.3 Å². The molecule has 4 rings (SSSR count). The van der Waals surface area contributed by atoms with E-state index in [1.807, 2.05) is 61.9 Å². The van der Waals surface area contributed by atoms with Crippen LogP contribution in [0.5, 0.6) is 0 Å². The third kappa shape index (κ3) is 4.19. The summed E-state index contributed by atoms with van der Waals surface area (Å²) in [6.45, 7) is 3.96. The number of nitrogens with zero attached hydrogens (tertiary/aromatic N) is 3. The molecule has 2 heterocycles. The first-order valence-corrected chi connectivity index (χ1v) is 10.8. The molecule has 2 aromatic carbocycles. The number of rotatable bonds is 7. The number of carbonyl (C=O) groups excluding carboxylic acids is 1. The molecule has 2 aromatic heterocycles. The summed E-state index contributed by atoms with van der Waals surface area (Å²) in [5, 5.41) is 4.71. The number of aromatic nitrogens is 3. The minimum absolute atomic E-state index is 0.0882. The van der Waals surface area contributed by atoms with E-state index in [-0.39, 0.29) is 11.4 Å². The highest BCUT2D eigenvalue weighted by Gasteiger charge is 2.19. The molecule has 0 spiro atoms. The molecule has 8 heteroatoms. The predicted octanol–water partition coefficient (Wildman–Crippen LogP) is 5.97. The largest absolute Gasteiger partial charge is 0.379 e. The monoisotopic (exact) mass is 442 g/mol. The maximum absolute atomic E-state index is 12.6. The van der Waals surface area contributed by atoms with E-state index in [0.29, 0.717) is 29.4 Å². The van der Waals surface area contributed by atoms with Crippen LogP contribution in [-0.4, -0.2) is 33.0 Å². The van der Waals surface area contributed by atoms with Gasteiger partial charge in [-0.2, -0.15) is 0 Å². The number of imidazole rings is 1. The SMILES string of the molecule is COC(C)(C)CCC(=O)c1ccc2c(c1)nc(Nc1nc3ccc(Cl)cc3s1)n2C. The fourth-order valence-electron chi connectivity index (χ4n) is 3.19. The van der Waals surface area contributed by atoms with Gasteiger partial charge in [0.25, 0.3) is 0 Å². The number of nitrogens with one attached hydrogen (secondary N) is 1. The Kier molecular flexibility index (Phi) is 5.53. The summed E-state index contributed by atoms with van der Waals surface area (Å²) in [6.07, 6.45) is 1.09. The van der Waals surface area contributed by atoms with Gasteiger partial charge in [0.15, 0.2) is 10.9 Å². The van der Waals surface area contributed by atoms with Crippen molar-refractivity contribution < 1.29 is 9.53 Å². The summed E-state index contributed by atoms with van der Waals surface area (Å²) >= 11 is 7.59. The summed E-state index contributed by atoms with van der Waals surface area (Å²) in [5.41, 5.74) is 2.94. The maximum Gasteiger partial charge on any atom is 0.209 e. The van der Waals surface area contributed by atoms with Crippen LogP contribution < -0.4 is 5.32 Å². The molecule has 156 valence electrons. The van der Waals surface area contributed by atoms with E-state index in [1.165, 1.54) is 11.3 Å². The molecule has 0 amide bonds. The van der Waals surface area contributed by atoms with E-state index in [9.17, 15) is 4.79 Å². The smallest absolute Gasteiger partial charge is 0.209 e. The minimum atomic E-state index is -0.316. The van der Waals surface area contributed by atoms with Crippen LogP contribution in [0.2, 0.25) is 5.02 Å². The van der Waals surface area contributed by atoms with Crippen molar-refractivity contribution in [3.63, 3.8) is 0 Å². The molecule has 0 radical (unpaired) electrons. The van der Waals surface area contributed by atoms with Gasteiger partial charge in [0.05, 0.1) is 26.9 Å². The van der Waals surface area contributed by atoms with Crippen LogP contribution >= 0.6 is 22.9 Å². The number of halogens is 1. The van der Waals surface area contributed by atoms with Gasteiger partial charge in [-0.25, -0.2) is 9.97 Å². The Labute approximate surface area is 183 Å². The summed E-state index contributed by atoms with van der Waals surface area (Å²) in [6, 6.07) is 11.3. The van der Waals surface area contributed by atoms with Gasteiger partial charge in [0.1, 0.15) is 0 Å². The van der Waals surface area contributed by atoms with Crippen LogP contribution in [0, 0.1) is 0 Å². The first-order valence-electron chi connectivity index (χ1n) is 9.64. The second kappa shape index (κ2) is 7.98. The highest BCUT2D eigenvalue weighted by Crippen LogP contribution is 2.31. The van der Waals surface area contributed by atoms with Crippen molar-refractivity contribution in [3.05, 3.63) is 47.0 Å². The number of anilines is 2. The van der Waals surface area contributed by atoms with Gasteiger partial charge in [-0.15, -0.1) is 0 Å². The number of ether oxygens (including phenoxy) is 1. The van der Waals surface area contributed by atoms with E-state index < -0.39 is 0 Å². The molecule has 0 atom stereocenters. The third-order valence-electron chi connectivity index (χ3n) is 5.28. The highest BCUT2D eigenvalue weighted by molar-refractivity contribution is 7.22. The van der Waals surface area contributed by atoms with Crippen molar-refractivity contribution in [2.75, 3.05) is 12.4 Å². The standard InChI is InChI=1S/C22H23ClN4O2S/c1-22(2,29-4)10-9-18(28)13-5-8-17-16(11-13)24-20(27(17)3)26-21-25-15-7-6-14(23)12-19(15)30-21/h5-8,11-12H,9-10H2,1-4H3,(H,24,25,26). The number of thiazole rings is 1. The number of hydrogen-bond donors (Lipinski definition) is 1. The third-order valence-corrected chi connectivity index (χ3v) is 6.45. The number of aryl methyl sites for hydroxylation is 1. The van der Waals surface area contributed by atoms with Gasteiger partial charge >= 0.3 is 0 Å². The molecule has 6 nitrogen and oxygen atoms in total. The second-order valence-electron chi connectivity index (χ2n) is 7.84. The number of benzene rings is 2. The zero-order valence-electron chi connectivity index (χ0n) is 17.3. The van der Waals surface area contributed by atoms with E-state index in [4.69, 9.17) is 16.3 Å². The van der Waals surface area contributed by atoms with Crippen LogP contribution in [0.15, 0.2) is 36.4 Å². The quantitative estimate of drug-likeness (QED) is 0.357. The summed E-state index contributed by atoms with van der Waals surface area (Å²) in [7, 11) is 3.60.